The zero-order valence-electron chi connectivity index (χ0n) is 10.6. The maximum atomic E-state index is 10.9. The van der Waals surface area contributed by atoms with E-state index in [9.17, 15) is 4.79 Å². The topological polar surface area (TPSA) is 68.7 Å². The van der Waals surface area contributed by atoms with Crippen molar-refractivity contribution in [3.63, 3.8) is 0 Å². The van der Waals surface area contributed by atoms with Crippen molar-refractivity contribution in [3.05, 3.63) is 47.7 Å². The molecule has 0 fully saturated rings. The van der Waals surface area contributed by atoms with Crippen molar-refractivity contribution in [3.8, 4) is 17.4 Å². The molecule has 1 aromatic heterocycles. The van der Waals surface area contributed by atoms with Gasteiger partial charge in [0.05, 0.1) is 12.7 Å². The highest BCUT2D eigenvalue weighted by atomic mass is 16.5. The molecule has 0 aliphatic heterocycles. The molecular weight excluding hydrogens is 246 g/mol. The highest BCUT2D eigenvalue weighted by molar-refractivity contribution is 5.88. The first-order valence-corrected chi connectivity index (χ1v) is 5.62. The van der Waals surface area contributed by atoms with Gasteiger partial charge in [-0.15, -0.1) is 0 Å². The molecule has 1 heterocycles. The van der Waals surface area contributed by atoms with Crippen molar-refractivity contribution in [2.75, 3.05) is 7.11 Å². The van der Waals surface area contributed by atoms with Crippen molar-refractivity contribution in [1.29, 1.82) is 0 Å². The number of aromatic carboxylic acids is 1. The van der Waals surface area contributed by atoms with Gasteiger partial charge in [-0.2, -0.15) is 0 Å². The number of aryl methyl sites for hydroxylation is 1. The largest absolute Gasteiger partial charge is 0.497 e. The van der Waals surface area contributed by atoms with Crippen LogP contribution in [-0.4, -0.2) is 23.2 Å². The molecule has 0 atom stereocenters. The van der Waals surface area contributed by atoms with Gasteiger partial charge >= 0.3 is 5.97 Å². The fraction of sp³-hybridized carbons (Fsp3) is 0.143. The van der Waals surface area contributed by atoms with Gasteiger partial charge in [0.25, 0.3) is 0 Å². The van der Waals surface area contributed by atoms with Crippen LogP contribution in [0, 0.1) is 6.92 Å². The fourth-order valence-corrected chi connectivity index (χ4v) is 1.58. The first kappa shape index (κ1) is 12.9. The second-order valence-electron chi connectivity index (χ2n) is 3.92. The third kappa shape index (κ3) is 3.22. The van der Waals surface area contributed by atoms with E-state index in [0.717, 1.165) is 5.75 Å². The SMILES string of the molecule is COc1ccc(Oc2cc(C(=O)O)cc(C)n2)cc1. The molecule has 2 rings (SSSR count). The molecule has 0 radical (unpaired) electrons. The minimum atomic E-state index is -1.01. The average Bonchev–Trinajstić information content (AvgIpc) is 2.39. The number of rotatable bonds is 4. The molecule has 98 valence electrons. The van der Waals surface area contributed by atoms with E-state index in [0.29, 0.717) is 11.4 Å². The van der Waals surface area contributed by atoms with Gasteiger partial charge < -0.3 is 14.6 Å². The molecule has 1 aromatic carbocycles. The maximum absolute atomic E-state index is 10.9. The van der Waals surface area contributed by atoms with Crippen molar-refractivity contribution in [2.45, 2.75) is 6.92 Å². The number of carboxylic acids is 1. The molecule has 0 aliphatic rings. The second kappa shape index (κ2) is 5.39. The summed E-state index contributed by atoms with van der Waals surface area (Å²) in [5.41, 5.74) is 0.736. The van der Waals surface area contributed by atoms with Crippen LogP contribution >= 0.6 is 0 Å². The summed E-state index contributed by atoms with van der Waals surface area (Å²) in [4.78, 5) is 15.1. The highest BCUT2D eigenvalue weighted by Gasteiger charge is 2.08. The van der Waals surface area contributed by atoms with Crippen molar-refractivity contribution in [2.24, 2.45) is 0 Å². The van der Waals surface area contributed by atoms with Gasteiger partial charge in [-0.3, -0.25) is 0 Å². The van der Waals surface area contributed by atoms with Crippen molar-refractivity contribution < 1.29 is 19.4 Å². The van der Waals surface area contributed by atoms with E-state index < -0.39 is 5.97 Å². The Kier molecular flexibility index (Phi) is 3.66. The Bertz CT molecular complexity index is 593. The predicted octanol–water partition coefficient (Wildman–Crippen LogP) is 2.89. The highest BCUT2D eigenvalue weighted by Crippen LogP contribution is 2.23. The third-order valence-electron chi connectivity index (χ3n) is 2.46. The van der Waals surface area contributed by atoms with Crippen LogP contribution in [-0.2, 0) is 0 Å². The third-order valence-corrected chi connectivity index (χ3v) is 2.46. The first-order valence-electron chi connectivity index (χ1n) is 5.62. The molecular formula is C14H13NO4. The van der Waals surface area contributed by atoms with E-state index >= 15 is 0 Å². The summed E-state index contributed by atoms with van der Waals surface area (Å²) in [6.45, 7) is 1.72. The van der Waals surface area contributed by atoms with Gasteiger partial charge in [-0.25, -0.2) is 9.78 Å². The lowest BCUT2D eigenvalue weighted by Crippen LogP contribution is -1.99. The number of hydrogen-bond acceptors (Lipinski definition) is 4. The minimum absolute atomic E-state index is 0.149. The minimum Gasteiger partial charge on any atom is -0.497 e. The summed E-state index contributed by atoms with van der Waals surface area (Å²) in [6, 6.07) is 9.84. The number of pyridine rings is 1. The summed E-state index contributed by atoms with van der Waals surface area (Å²) < 4.78 is 10.6. The molecule has 1 N–H and O–H groups in total. The Labute approximate surface area is 110 Å². The normalized spacial score (nSPS) is 10.0. The average molecular weight is 259 g/mol. The zero-order valence-corrected chi connectivity index (χ0v) is 10.6. The molecule has 5 nitrogen and oxygen atoms in total. The van der Waals surface area contributed by atoms with Gasteiger partial charge in [0.2, 0.25) is 5.88 Å². The van der Waals surface area contributed by atoms with E-state index in [1.54, 1.807) is 38.3 Å². The lowest BCUT2D eigenvalue weighted by molar-refractivity contribution is 0.0696. The number of ether oxygens (including phenoxy) is 2. The van der Waals surface area contributed by atoms with E-state index in [-0.39, 0.29) is 11.4 Å². The molecule has 0 aliphatic carbocycles. The van der Waals surface area contributed by atoms with Crippen LogP contribution < -0.4 is 9.47 Å². The van der Waals surface area contributed by atoms with Crippen LogP contribution in [0.1, 0.15) is 16.1 Å². The first-order chi connectivity index (χ1) is 9.08. The molecule has 0 bridgehead atoms. The predicted molar refractivity (Wildman–Crippen MR) is 69.0 cm³/mol. The molecule has 0 spiro atoms. The lowest BCUT2D eigenvalue weighted by atomic mass is 10.2. The van der Waals surface area contributed by atoms with Gasteiger partial charge in [-0.05, 0) is 37.3 Å². The van der Waals surface area contributed by atoms with Gasteiger partial charge in [-0.1, -0.05) is 0 Å². The smallest absolute Gasteiger partial charge is 0.335 e. The Balaban J connectivity index is 2.24. The number of hydrogen-bond donors (Lipinski definition) is 1. The van der Waals surface area contributed by atoms with Crippen LogP contribution in [0.2, 0.25) is 0 Å². The van der Waals surface area contributed by atoms with Gasteiger partial charge in [0, 0.05) is 11.8 Å². The van der Waals surface area contributed by atoms with E-state index in [1.807, 2.05) is 0 Å². The summed E-state index contributed by atoms with van der Waals surface area (Å²) in [5, 5.41) is 8.97. The van der Waals surface area contributed by atoms with Crippen LogP contribution in [0.25, 0.3) is 0 Å². The second-order valence-corrected chi connectivity index (χ2v) is 3.92. The number of carbonyl (C=O) groups is 1. The Hall–Kier alpha value is -2.56. The summed E-state index contributed by atoms with van der Waals surface area (Å²) in [5.74, 6) is 0.527. The molecule has 5 heteroatoms. The summed E-state index contributed by atoms with van der Waals surface area (Å²) >= 11 is 0. The number of carboxylic acid groups (broad SMARTS) is 1. The number of methoxy groups -OCH3 is 1. The van der Waals surface area contributed by atoms with E-state index in [4.69, 9.17) is 14.6 Å². The molecule has 2 aromatic rings. The van der Waals surface area contributed by atoms with Crippen molar-refractivity contribution in [1.82, 2.24) is 4.98 Å². The Morgan fingerprint density at radius 1 is 1.16 bits per heavy atom. The zero-order chi connectivity index (χ0) is 13.8. The van der Waals surface area contributed by atoms with Gasteiger partial charge in [0.15, 0.2) is 0 Å². The van der Waals surface area contributed by atoms with Crippen LogP contribution in [0.4, 0.5) is 0 Å². The van der Waals surface area contributed by atoms with Gasteiger partial charge in [0.1, 0.15) is 11.5 Å². The van der Waals surface area contributed by atoms with Crippen molar-refractivity contribution >= 4 is 5.97 Å². The molecule has 0 unspecified atom stereocenters. The number of aromatic nitrogens is 1. The number of benzene rings is 1. The molecule has 0 saturated carbocycles. The van der Waals surface area contributed by atoms with Crippen LogP contribution in [0.5, 0.6) is 17.4 Å². The molecule has 19 heavy (non-hydrogen) atoms. The molecule has 0 saturated heterocycles. The standard InChI is InChI=1S/C14H13NO4/c1-9-7-10(14(16)17)8-13(15-9)19-12-5-3-11(18-2)4-6-12/h3-8H,1-2H3,(H,16,17). The van der Waals surface area contributed by atoms with Crippen LogP contribution in [0.3, 0.4) is 0 Å². The summed E-state index contributed by atoms with van der Waals surface area (Å²) in [6.07, 6.45) is 0. The van der Waals surface area contributed by atoms with E-state index in [2.05, 4.69) is 4.98 Å². The van der Waals surface area contributed by atoms with Crippen LogP contribution in [0.15, 0.2) is 36.4 Å². The number of nitrogens with zero attached hydrogens (tertiary/aromatic N) is 1. The van der Waals surface area contributed by atoms with E-state index in [1.165, 1.54) is 12.1 Å². The molecule has 0 amide bonds. The monoisotopic (exact) mass is 259 g/mol. The fourth-order valence-electron chi connectivity index (χ4n) is 1.58. The Morgan fingerprint density at radius 3 is 2.37 bits per heavy atom. The quantitative estimate of drug-likeness (QED) is 0.914. The lowest BCUT2D eigenvalue weighted by Gasteiger charge is -2.07. The summed E-state index contributed by atoms with van der Waals surface area (Å²) in [7, 11) is 1.58. The Morgan fingerprint density at radius 2 is 1.79 bits per heavy atom. The maximum Gasteiger partial charge on any atom is 0.335 e.